The van der Waals surface area contributed by atoms with Crippen LogP contribution in [0.4, 0.5) is 0 Å². The van der Waals surface area contributed by atoms with Gasteiger partial charge in [0, 0.05) is 6.42 Å². The van der Waals surface area contributed by atoms with Crippen molar-refractivity contribution in [3.8, 4) is 5.69 Å². The molecule has 196 valence electrons. The maximum Gasteiger partial charge on any atom is 0.266 e. The molecule has 0 bridgehead atoms. The Kier molecular flexibility index (Phi) is 8.58. The number of aliphatic hydroxyl groups excluding tert-OH is 2. The quantitative estimate of drug-likeness (QED) is 0.336. The zero-order valence-corrected chi connectivity index (χ0v) is 22.3. The number of aliphatic hydroxyl groups is 2. The third-order valence-electron chi connectivity index (χ3n) is 5.98. The summed E-state index contributed by atoms with van der Waals surface area (Å²) in [6, 6.07) is 19.5. The summed E-state index contributed by atoms with van der Waals surface area (Å²) in [6.45, 7) is 3.33. The third kappa shape index (κ3) is 5.49. The molecule has 2 aromatic heterocycles. The second-order valence-electron chi connectivity index (χ2n) is 8.54. The Morgan fingerprint density at radius 3 is 1.97 bits per heavy atom. The standard InChI is InChI=1S/C16H12Cl2N2O.C12H14N2O3/c1-2-14-19-13-9-4-3-6-10(13)16(21)20(14)15-11(17)7-5-8-12(15)18;1-8-13-11-5-3-2-4-10(11)12(17)14(8)6-9(16)7-15/h3-9H,2H2,1H3;2-5,9,15-16H,6-7H2,1H3. The van der Waals surface area contributed by atoms with Crippen molar-refractivity contribution < 1.29 is 10.2 Å². The van der Waals surface area contributed by atoms with Gasteiger partial charge in [-0.2, -0.15) is 0 Å². The molecule has 10 heteroatoms. The van der Waals surface area contributed by atoms with Crippen molar-refractivity contribution in [3.05, 3.63) is 109 Å². The number of rotatable bonds is 5. The summed E-state index contributed by atoms with van der Waals surface area (Å²) in [4.78, 5) is 33.8. The maximum absolute atomic E-state index is 12.8. The first kappa shape index (κ1) is 27.5. The Bertz CT molecular complexity index is 1710. The van der Waals surface area contributed by atoms with Gasteiger partial charge in [-0.25, -0.2) is 9.97 Å². The van der Waals surface area contributed by atoms with Gasteiger partial charge in [0.1, 0.15) is 11.6 Å². The second-order valence-corrected chi connectivity index (χ2v) is 9.35. The molecule has 2 N–H and O–H groups in total. The number of aryl methyl sites for hydroxylation is 2. The first-order valence-electron chi connectivity index (χ1n) is 12.0. The minimum Gasteiger partial charge on any atom is -0.394 e. The summed E-state index contributed by atoms with van der Waals surface area (Å²) in [5, 5.41) is 20.1. The molecule has 0 spiro atoms. The molecule has 0 aliphatic rings. The van der Waals surface area contributed by atoms with Gasteiger partial charge in [0.05, 0.1) is 56.8 Å². The minimum absolute atomic E-state index is 0.0546. The van der Waals surface area contributed by atoms with E-state index < -0.39 is 6.10 Å². The molecule has 38 heavy (non-hydrogen) atoms. The van der Waals surface area contributed by atoms with Crippen LogP contribution in [0.15, 0.2) is 76.3 Å². The molecule has 0 aliphatic carbocycles. The van der Waals surface area contributed by atoms with E-state index in [0.717, 1.165) is 0 Å². The molecule has 2 heterocycles. The van der Waals surface area contributed by atoms with Gasteiger partial charge in [-0.1, -0.05) is 60.5 Å². The lowest BCUT2D eigenvalue weighted by Crippen LogP contribution is -2.30. The van der Waals surface area contributed by atoms with Crippen LogP contribution < -0.4 is 11.1 Å². The van der Waals surface area contributed by atoms with E-state index in [1.54, 1.807) is 49.4 Å². The Balaban J connectivity index is 0.000000181. The summed E-state index contributed by atoms with van der Waals surface area (Å²) in [7, 11) is 0. The summed E-state index contributed by atoms with van der Waals surface area (Å²) >= 11 is 12.5. The van der Waals surface area contributed by atoms with Crippen molar-refractivity contribution in [2.75, 3.05) is 6.61 Å². The highest BCUT2D eigenvalue weighted by Crippen LogP contribution is 2.28. The van der Waals surface area contributed by atoms with Crippen molar-refractivity contribution in [1.29, 1.82) is 0 Å². The lowest BCUT2D eigenvalue weighted by molar-refractivity contribution is 0.0797. The van der Waals surface area contributed by atoms with Gasteiger partial charge < -0.3 is 10.2 Å². The van der Waals surface area contributed by atoms with Crippen molar-refractivity contribution in [2.45, 2.75) is 32.9 Å². The highest BCUT2D eigenvalue weighted by Gasteiger charge is 2.16. The molecule has 0 radical (unpaired) electrons. The van der Waals surface area contributed by atoms with Gasteiger partial charge in [0.2, 0.25) is 0 Å². The first-order chi connectivity index (χ1) is 18.3. The van der Waals surface area contributed by atoms with Crippen LogP contribution in [0.1, 0.15) is 18.6 Å². The number of halogens is 2. The monoisotopic (exact) mass is 552 g/mol. The number of aromatic nitrogens is 4. The maximum atomic E-state index is 12.8. The van der Waals surface area contributed by atoms with E-state index in [1.165, 1.54) is 9.13 Å². The molecule has 0 fully saturated rings. The molecule has 5 aromatic rings. The van der Waals surface area contributed by atoms with Gasteiger partial charge >= 0.3 is 0 Å². The summed E-state index contributed by atoms with van der Waals surface area (Å²) in [6.07, 6.45) is -0.351. The van der Waals surface area contributed by atoms with Crippen LogP contribution in [-0.4, -0.2) is 42.0 Å². The normalized spacial score (nSPS) is 11.8. The number of fused-ring (bicyclic) bond motifs is 2. The van der Waals surface area contributed by atoms with Crippen molar-refractivity contribution in [1.82, 2.24) is 19.1 Å². The zero-order chi connectivity index (χ0) is 27.4. The van der Waals surface area contributed by atoms with Crippen LogP contribution in [0.2, 0.25) is 10.0 Å². The highest BCUT2D eigenvalue weighted by molar-refractivity contribution is 6.37. The predicted molar refractivity (Wildman–Crippen MR) is 151 cm³/mol. The van der Waals surface area contributed by atoms with E-state index in [1.807, 2.05) is 31.2 Å². The number of hydrogen-bond acceptors (Lipinski definition) is 6. The van der Waals surface area contributed by atoms with Crippen molar-refractivity contribution >= 4 is 45.0 Å². The average molecular weight is 553 g/mol. The molecule has 5 rings (SSSR count). The van der Waals surface area contributed by atoms with Gasteiger partial charge in [0.15, 0.2) is 0 Å². The van der Waals surface area contributed by atoms with E-state index >= 15 is 0 Å². The van der Waals surface area contributed by atoms with Crippen LogP contribution >= 0.6 is 23.2 Å². The number of hydrogen-bond donors (Lipinski definition) is 2. The Morgan fingerprint density at radius 1 is 0.842 bits per heavy atom. The first-order valence-corrected chi connectivity index (χ1v) is 12.7. The SMILES string of the molecule is CCc1nc2ccccc2c(=O)n1-c1c(Cl)cccc1Cl.Cc1nc2ccccc2c(=O)n1CC(O)CO. The predicted octanol–water partition coefficient (Wildman–Crippen LogP) is 4.31. The lowest BCUT2D eigenvalue weighted by atomic mass is 10.2. The topological polar surface area (TPSA) is 110 Å². The molecule has 8 nitrogen and oxygen atoms in total. The molecular weight excluding hydrogens is 527 g/mol. The molecule has 0 saturated heterocycles. The van der Waals surface area contributed by atoms with E-state index in [-0.39, 0.29) is 24.3 Å². The molecular formula is C28H26Cl2N4O4. The van der Waals surface area contributed by atoms with E-state index in [4.69, 9.17) is 28.3 Å². The van der Waals surface area contributed by atoms with Crippen LogP contribution in [0, 0.1) is 6.92 Å². The zero-order valence-electron chi connectivity index (χ0n) is 20.8. The van der Waals surface area contributed by atoms with E-state index in [0.29, 0.717) is 55.6 Å². The molecule has 0 saturated carbocycles. The fraction of sp³-hybridized carbons (Fsp3) is 0.214. The van der Waals surface area contributed by atoms with Crippen LogP contribution in [-0.2, 0) is 13.0 Å². The van der Waals surface area contributed by atoms with E-state index in [2.05, 4.69) is 9.97 Å². The lowest BCUT2D eigenvalue weighted by Gasteiger charge is -2.15. The molecule has 0 aliphatic heterocycles. The molecule has 1 atom stereocenters. The second kappa shape index (κ2) is 11.9. The Morgan fingerprint density at radius 2 is 1.39 bits per heavy atom. The fourth-order valence-corrected chi connectivity index (χ4v) is 4.68. The van der Waals surface area contributed by atoms with E-state index in [9.17, 15) is 14.7 Å². The highest BCUT2D eigenvalue weighted by atomic mass is 35.5. The minimum atomic E-state index is -0.950. The van der Waals surface area contributed by atoms with Crippen molar-refractivity contribution in [2.24, 2.45) is 0 Å². The van der Waals surface area contributed by atoms with Crippen LogP contribution in [0.3, 0.4) is 0 Å². The fourth-order valence-electron chi connectivity index (χ4n) is 4.11. The van der Waals surface area contributed by atoms with Crippen LogP contribution in [0.25, 0.3) is 27.5 Å². The Labute approximate surface area is 228 Å². The summed E-state index contributed by atoms with van der Waals surface area (Å²) in [5.74, 6) is 1.16. The van der Waals surface area contributed by atoms with Crippen molar-refractivity contribution in [3.63, 3.8) is 0 Å². The van der Waals surface area contributed by atoms with Gasteiger partial charge in [-0.15, -0.1) is 0 Å². The number of benzene rings is 3. The van der Waals surface area contributed by atoms with Gasteiger partial charge in [-0.05, 0) is 43.3 Å². The third-order valence-corrected chi connectivity index (χ3v) is 6.59. The smallest absolute Gasteiger partial charge is 0.266 e. The Hall–Kier alpha value is -3.56. The van der Waals surface area contributed by atoms with Crippen LogP contribution in [0.5, 0.6) is 0 Å². The number of para-hydroxylation sites is 3. The molecule has 3 aromatic carbocycles. The van der Waals surface area contributed by atoms with Gasteiger partial charge in [0.25, 0.3) is 11.1 Å². The average Bonchev–Trinajstić information content (AvgIpc) is 2.92. The molecule has 1 unspecified atom stereocenters. The van der Waals surface area contributed by atoms with Gasteiger partial charge in [-0.3, -0.25) is 18.7 Å². The number of nitrogens with zero attached hydrogens (tertiary/aromatic N) is 4. The molecule has 0 amide bonds. The summed E-state index contributed by atoms with van der Waals surface area (Å²) in [5.41, 5.74) is 1.46. The largest absolute Gasteiger partial charge is 0.394 e. The summed E-state index contributed by atoms with van der Waals surface area (Å²) < 4.78 is 2.89.